The Morgan fingerprint density at radius 3 is 2.04 bits per heavy atom. The molecule has 0 radical (unpaired) electrons. The lowest BCUT2D eigenvalue weighted by Crippen LogP contribution is -3.12. The van der Waals surface area contributed by atoms with Crippen LogP contribution in [0.4, 0.5) is 11.4 Å². The Morgan fingerprint density at radius 2 is 1.52 bits per heavy atom. The lowest BCUT2D eigenvalue weighted by Gasteiger charge is -2.24. The molecule has 1 unspecified atom stereocenters. The maximum atomic E-state index is 12.4. The number of likely N-dealkylation sites (N-methyl/N-ethyl adjacent to an activating group) is 1. The van der Waals surface area contributed by atoms with Crippen molar-refractivity contribution >= 4 is 23.2 Å². The van der Waals surface area contributed by atoms with Gasteiger partial charge in [0.05, 0.1) is 6.54 Å². The highest BCUT2D eigenvalue weighted by Gasteiger charge is 2.20. The van der Waals surface area contributed by atoms with E-state index in [1.54, 1.807) is 24.3 Å². The summed E-state index contributed by atoms with van der Waals surface area (Å²) in [5, 5.41) is 5.63. The largest absolute Gasteiger partial charge is 0.326 e. The van der Waals surface area contributed by atoms with Gasteiger partial charge in [0.1, 0.15) is 6.04 Å². The van der Waals surface area contributed by atoms with E-state index in [0.717, 1.165) is 12.2 Å². The second kappa shape index (κ2) is 8.99. The molecule has 2 aromatic carbocycles. The van der Waals surface area contributed by atoms with Crippen LogP contribution in [0.15, 0.2) is 54.6 Å². The number of hydrogen-bond donors (Lipinski definition) is 3. The molecule has 2 atom stereocenters. The van der Waals surface area contributed by atoms with E-state index < -0.39 is 0 Å². The highest BCUT2D eigenvalue weighted by atomic mass is 16.2. The topological polar surface area (TPSA) is 62.6 Å². The van der Waals surface area contributed by atoms with Crippen molar-refractivity contribution in [1.29, 1.82) is 0 Å². The van der Waals surface area contributed by atoms with Crippen molar-refractivity contribution in [2.45, 2.75) is 26.8 Å². The van der Waals surface area contributed by atoms with Crippen LogP contribution < -0.4 is 15.5 Å². The SMILES string of the molecule is CC[NH+](CC(=O)Nc1ccc(NC(C)=O)cc1)[C@@H](C)c1ccccc1. The fourth-order valence-electron chi connectivity index (χ4n) is 2.81. The van der Waals surface area contributed by atoms with E-state index in [1.165, 1.54) is 17.4 Å². The fourth-order valence-corrected chi connectivity index (χ4v) is 2.81. The molecule has 132 valence electrons. The Hall–Kier alpha value is -2.66. The van der Waals surface area contributed by atoms with Gasteiger partial charge < -0.3 is 15.5 Å². The van der Waals surface area contributed by atoms with Crippen LogP contribution in [0.2, 0.25) is 0 Å². The summed E-state index contributed by atoms with van der Waals surface area (Å²) in [4.78, 5) is 24.6. The van der Waals surface area contributed by atoms with E-state index in [4.69, 9.17) is 0 Å². The molecule has 0 saturated carbocycles. The van der Waals surface area contributed by atoms with Gasteiger partial charge in [-0.3, -0.25) is 9.59 Å². The molecule has 0 aromatic heterocycles. The summed E-state index contributed by atoms with van der Waals surface area (Å²) < 4.78 is 0. The molecular formula is C20H26N3O2+. The second-order valence-corrected chi connectivity index (χ2v) is 6.13. The van der Waals surface area contributed by atoms with Gasteiger partial charge in [0, 0.05) is 23.9 Å². The Labute approximate surface area is 149 Å². The minimum Gasteiger partial charge on any atom is -0.326 e. The summed E-state index contributed by atoms with van der Waals surface area (Å²) in [5.74, 6) is -0.138. The van der Waals surface area contributed by atoms with Crippen molar-refractivity contribution < 1.29 is 14.5 Å². The summed E-state index contributed by atoms with van der Waals surface area (Å²) in [6.07, 6.45) is 0. The molecule has 25 heavy (non-hydrogen) atoms. The van der Waals surface area contributed by atoms with E-state index in [1.807, 2.05) is 18.2 Å². The molecule has 0 aliphatic heterocycles. The molecule has 0 aliphatic carbocycles. The van der Waals surface area contributed by atoms with E-state index in [2.05, 4.69) is 36.6 Å². The monoisotopic (exact) mass is 340 g/mol. The van der Waals surface area contributed by atoms with Gasteiger partial charge in [-0.05, 0) is 38.1 Å². The van der Waals surface area contributed by atoms with Crippen LogP contribution in [0, 0.1) is 0 Å². The fraction of sp³-hybridized carbons (Fsp3) is 0.300. The van der Waals surface area contributed by atoms with Crippen molar-refractivity contribution in [3.8, 4) is 0 Å². The zero-order chi connectivity index (χ0) is 18.2. The van der Waals surface area contributed by atoms with Crippen molar-refractivity contribution in [3.05, 3.63) is 60.2 Å². The number of anilines is 2. The Balaban J connectivity index is 1.94. The summed E-state index contributed by atoms with van der Waals surface area (Å²) in [6.45, 7) is 6.96. The molecule has 2 amide bonds. The Morgan fingerprint density at radius 1 is 0.960 bits per heavy atom. The third-order valence-electron chi connectivity index (χ3n) is 4.24. The lowest BCUT2D eigenvalue weighted by molar-refractivity contribution is -0.920. The van der Waals surface area contributed by atoms with Gasteiger partial charge in [-0.2, -0.15) is 0 Å². The van der Waals surface area contributed by atoms with Crippen LogP contribution >= 0.6 is 0 Å². The minimum atomic E-state index is -0.117. The van der Waals surface area contributed by atoms with Gasteiger partial charge in [0.15, 0.2) is 6.54 Å². The molecule has 0 saturated heterocycles. The van der Waals surface area contributed by atoms with Crippen molar-refractivity contribution in [1.82, 2.24) is 0 Å². The predicted molar refractivity (Wildman–Crippen MR) is 101 cm³/mol. The van der Waals surface area contributed by atoms with Gasteiger partial charge >= 0.3 is 0 Å². The summed E-state index contributed by atoms with van der Waals surface area (Å²) >= 11 is 0. The number of nitrogens with one attached hydrogen (secondary N) is 3. The van der Waals surface area contributed by atoms with Gasteiger partial charge in [-0.1, -0.05) is 30.3 Å². The predicted octanol–water partition coefficient (Wildman–Crippen LogP) is 2.25. The first-order chi connectivity index (χ1) is 12.0. The van der Waals surface area contributed by atoms with E-state index in [-0.39, 0.29) is 17.9 Å². The van der Waals surface area contributed by atoms with Crippen LogP contribution in [0.25, 0.3) is 0 Å². The average Bonchev–Trinajstić information content (AvgIpc) is 2.61. The molecule has 0 fully saturated rings. The summed E-state index contributed by atoms with van der Waals surface area (Å²) in [7, 11) is 0. The molecule has 0 spiro atoms. The summed E-state index contributed by atoms with van der Waals surface area (Å²) in [6, 6.07) is 17.6. The third kappa shape index (κ3) is 5.72. The van der Waals surface area contributed by atoms with Gasteiger partial charge in [0.2, 0.25) is 5.91 Å². The molecule has 3 N–H and O–H groups in total. The maximum Gasteiger partial charge on any atom is 0.279 e. The van der Waals surface area contributed by atoms with Crippen LogP contribution in [0.5, 0.6) is 0 Å². The average molecular weight is 340 g/mol. The van der Waals surface area contributed by atoms with Crippen LogP contribution in [0.3, 0.4) is 0 Å². The molecule has 0 bridgehead atoms. The number of carbonyl (C=O) groups is 2. The minimum absolute atomic E-state index is 0.0214. The van der Waals surface area contributed by atoms with Crippen LogP contribution in [0.1, 0.15) is 32.4 Å². The van der Waals surface area contributed by atoms with Crippen molar-refractivity contribution in [2.75, 3.05) is 23.7 Å². The zero-order valence-corrected chi connectivity index (χ0v) is 15.0. The molecule has 0 aliphatic rings. The van der Waals surface area contributed by atoms with Gasteiger partial charge in [-0.25, -0.2) is 0 Å². The van der Waals surface area contributed by atoms with E-state index in [0.29, 0.717) is 12.2 Å². The molecule has 5 heteroatoms. The van der Waals surface area contributed by atoms with E-state index >= 15 is 0 Å². The third-order valence-corrected chi connectivity index (χ3v) is 4.24. The van der Waals surface area contributed by atoms with Crippen molar-refractivity contribution in [3.63, 3.8) is 0 Å². The first-order valence-corrected chi connectivity index (χ1v) is 8.56. The number of carbonyl (C=O) groups excluding carboxylic acids is 2. The quantitative estimate of drug-likeness (QED) is 0.724. The number of rotatable bonds is 7. The van der Waals surface area contributed by atoms with Crippen molar-refractivity contribution in [2.24, 2.45) is 0 Å². The summed E-state index contributed by atoms with van der Waals surface area (Å²) in [5.41, 5.74) is 2.66. The van der Waals surface area contributed by atoms with E-state index in [9.17, 15) is 9.59 Å². The number of hydrogen-bond acceptors (Lipinski definition) is 2. The molecule has 2 aromatic rings. The number of benzene rings is 2. The normalized spacial score (nSPS) is 12.9. The van der Waals surface area contributed by atoms with Gasteiger partial charge in [0.25, 0.3) is 5.91 Å². The smallest absolute Gasteiger partial charge is 0.279 e. The molecule has 5 nitrogen and oxygen atoms in total. The van der Waals surface area contributed by atoms with Gasteiger partial charge in [-0.15, -0.1) is 0 Å². The molecule has 2 rings (SSSR count). The standard InChI is InChI=1S/C20H25N3O2/c1-4-23(15(2)17-8-6-5-7-9-17)14-20(25)22-19-12-10-18(11-13-19)21-16(3)24/h5-13,15H,4,14H2,1-3H3,(H,21,24)(H,22,25)/p+1/t15-/m0/s1. The Bertz CT molecular complexity index is 699. The number of amides is 2. The molecule has 0 heterocycles. The zero-order valence-electron chi connectivity index (χ0n) is 15.0. The first kappa shape index (κ1) is 18.7. The first-order valence-electron chi connectivity index (χ1n) is 8.56. The maximum absolute atomic E-state index is 12.4. The molecular weight excluding hydrogens is 314 g/mol. The lowest BCUT2D eigenvalue weighted by atomic mass is 10.1. The highest BCUT2D eigenvalue weighted by Crippen LogP contribution is 2.13. The van der Waals surface area contributed by atoms with Crippen LogP contribution in [-0.4, -0.2) is 24.9 Å². The number of quaternary nitrogens is 1. The Kier molecular flexibility index (Phi) is 6.71. The highest BCUT2D eigenvalue weighted by molar-refractivity contribution is 5.92. The van der Waals surface area contributed by atoms with Crippen LogP contribution in [-0.2, 0) is 9.59 Å². The second-order valence-electron chi connectivity index (χ2n) is 6.13.